The Morgan fingerprint density at radius 3 is 0.939 bits per heavy atom. The largest absolute Gasteiger partial charge is 0.504 e. The molecule has 7 aromatic rings. The molecule has 1 aromatic heterocycles. The van der Waals surface area contributed by atoms with E-state index < -0.39 is 136 Å². The average molecular weight is 676 g/mol. The van der Waals surface area contributed by atoms with Gasteiger partial charge in [-0.15, -0.1) is 0 Å². The van der Waals surface area contributed by atoms with Crippen LogP contribution in [-0.4, -0.2) is 81.7 Å². The van der Waals surface area contributed by atoms with E-state index in [1.54, 1.807) is 0 Å². The van der Waals surface area contributed by atoms with Crippen molar-refractivity contribution in [3.8, 4) is 114 Å². The Balaban J connectivity index is 1.77. The van der Waals surface area contributed by atoms with Gasteiger partial charge in [0.05, 0.1) is 21.9 Å². The van der Waals surface area contributed by atoms with Crippen molar-refractivity contribution in [2.45, 2.75) is 0 Å². The summed E-state index contributed by atoms with van der Waals surface area (Å²) >= 11 is 0. The number of fused-ring (bicyclic) bond motifs is 5. The van der Waals surface area contributed by atoms with E-state index in [9.17, 15) is 81.7 Å². The standard InChI is InChI=1S/C32H20O17/c33-9-1-5-7(3-11(9)35)14(8-4-12(36)10(34)2-6(8)13(5)15-20(38)25(43)28(46)26(44)21(15)39)16-19(37)22(40)17-18-23(41)27(45)29(47)30(48)32(18)49-31(17)24(16)42/h1-4,33-48H. The van der Waals surface area contributed by atoms with Crippen molar-refractivity contribution >= 4 is 43.5 Å². The van der Waals surface area contributed by atoms with Crippen LogP contribution in [0.2, 0.25) is 0 Å². The Labute approximate surface area is 268 Å². The van der Waals surface area contributed by atoms with Crippen molar-refractivity contribution in [2.24, 2.45) is 0 Å². The molecule has 250 valence electrons. The molecule has 0 saturated heterocycles. The van der Waals surface area contributed by atoms with Crippen molar-refractivity contribution in [3.05, 3.63) is 24.3 Å². The third-order valence-electron chi connectivity index (χ3n) is 8.36. The Hall–Kier alpha value is -7.56. The summed E-state index contributed by atoms with van der Waals surface area (Å²) < 4.78 is 5.47. The molecular formula is C32H20O17. The summed E-state index contributed by atoms with van der Waals surface area (Å²) in [5.41, 5.74) is -4.00. The quantitative estimate of drug-likeness (QED) is 0.0679. The maximum atomic E-state index is 11.6. The normalized spacial score (nSPS) is 11.8. The molecule has 0 saturated carbocycles. The van der Waals surface area contributed by atoms with Crippen LogP contribution in [0.25, 0.3) is 65.7 Å². The van der Waals surface area contributed by atoms with Gasteiger partial charge >= 0.3 is 0 Å². The zero-order valence-electron chi connectivity index (χ0n) is 23.9. The SMILES string of the molecule is Oc1cc2c(-c3c(O)c(O)c(O)c(O)c3O)c3cc(O)c(O)cc3c(-c3c(O)c(O)c4c(oc5c(O)c(O)c(O)c(O)c54)c3O)c2cc1O. The molecule has 17 heteroatoms. The van der Waals surface area contributed by atoms with E-state index in [-0.39, 0.29) is 21.5 Å². The summed E-state index contributed by atoms with van der Waals surface area (Å²) in [6.45, 7) is 0. The Bertz CT molecular complexity index is 2570. The second-order valence-electron chi connectivity index (χ2n) is 11.0. The molecule has 0 unspecified atom stereocenters. The van der Waals surface area contributed by atoms with Crippen molar-refractivity contribution in [2.75, 3.05) is 0 Å². The fraction of sp³-hybridized carbons (Fsp3) is 0. The Morgan fingerprint density at radius 1 is 0.265 bits per heavy atom. The molecule has 0 spiro atoms. The van der Waals surface area contributed by atoms with Gasteiger partial charge in [0.2, 0.25) is 34.5 Å². The van der Waals surface area contributed by atoms with Gasteiger partial charge in [0.15, 0.2) is 68.7 Å². The van der Waals surface area contributed by atoms with Crippen LogP contribution >= 0.6 is 0 Å². The molecule has 0 fully saturated rings. The van der Waals surface area contributed by atoms with Gasteiger partial charge in [-0.2, -0.15) is 0 Å². The zero-order valence-corrected chi connectivity index (χ0v) is 23.9. The smallest absolute Gasteiger partial charge is 0.208 e. The number of aromatic hydroxyl groups is 16. The number of hydrogen-bond acceptors (Lipinski definition) is 17. The minimum atomic E-state index is -1.33. The predicted molar refractivity (Wildman–Crippen MR) is 166 cm³/mol. The topological polar surface area (TPSA) is 337 Å². The van der Waals surface area contributed by atoms with Gasteiger partial charge in [-0.3, -0.25) is 0 Å². The number of furan rings is 1. The highest BCUT2D eigenvalue weighted by Gasteiger charge is 2.34. The molecule has 1 heterocycles. The van der Waals surface area contributed by atoms with E-state index in [1.165, 1.54) is 0 Å². The van der Waals surface area contributed by atoms with Gasteiger partial charge in [0.25, 0.3) is 0 Å². The van der Waals surface area contributed by atoms with Crippen LogP contribution in [0.1, 0.15) is 0 Å². The van der Waals surface area contributed by atoms with E-state index in [2.05, 4.69) is 0 Å². The molecule has 0 bridgehead atoms. The van der Waals surface area contributed by atoms with Crippen molar-refractivity contribution in [1.29, 1.82) is 0 Å². The second-order valence-corrected chi connectivity index (χ2v) is 11.0. The number of phenolic OH excluding ortho intramolecular Hbond substituents is 16. The highest BCUT2D eigenvalue weighted by Crippen LogP contribution is 2.62. The number of phenols is 16. The molecule has 0 amide bonds. The van der Waals surface area contributed by atoms with Gasteiger partial charge < -0.3 is 86.1 Å². The lowest BCUT2D eigenvalue weighted by Gasteiger charge is -2.21. The van der Waals surface area contributed by atoms with Gasteiger partial charge in [-0.25, -0.2) is 0 Å². The molecule has 0 aliphatic carbocycles. The van der Waals surface area contributed by atoms with Gasteiger partial charge in [-0.1, -0.05) is 0 Å². The fourth-order valence-electron chi connectivity index (χ4n) is 6.10. The van der Waals surface area contributed by atoms with Crippen molar-refractivity contribution in [1.82, 2.24) is 0 Å². The lowest BCUT2D eigenvalue weighted by molar-refractivity contribution is 0.330. The third kappa shape index (κ3) is 3.62. The van der Waals surface area contributed by atoms with Crippen LogP contribution in [0.3, 0.4) is 0 Å². The first-order valence-electron chi connectivity index (χ1n) is 13.5. The zero-order chi connectivity index (χ0) is 35.7. The number of benzene rings is 6. The maximum absolute atomic E-state index is 11.6. The lowest BCUT2D eigenvalue weighted by atomic mass is 9.84. The summed E-state index contributed by atoms with van der Waals surface area (Å²) in [5.74, 6) is -18.0. The molecule has 0 aliphatic rings. The number of rotatable bonds is 2. The molecular weight excluding hydrogens is 656 g/mol. The predicted octanol–water partition coefficient (Wildman–Crippen LogP) is 4.52. The lowest BCUT2D eigenvalue weighted by Crippen LogP contribution is -1.94. The van der Waals surface area contributed by atoms with Crippen molar-refractivity contribution in [3.63, 3.8) is 0 Å². The highest BCUT2D eigenvalue weighted by molar-refractivity contribution is 6.27. The van der Waals surface area contributed by atoms with Crippen LogP contribution in [0.4, 0.5) is 0 Å². The minimum absolute atomic E-state index is 0.338. The minimum Gasteiger partial charge on any atom is -0.504 e. The van der Waals surface area contributed by atoms with E-state index in [0.29, 0.717) is 0 Å². The van der Waals surface area contributed by atoms with Gasteiger partial charge in [-0.05, 0) is 45.8 Å². The first-order chi connectivity index (χ1) is 23.0. The third-order valence-corrected chi connectivity index (χ3v) is 8.36. The highest BCUT2D eigenvalue weighted by atomic mass is 16.4. The van der Waals surface area contributed by atoms with E-state index in [0.717, 1.165) is 24.3 Å². The molecule has 6 aromatic carbocycles. The monoisotopic (exact) mass is 676 g/mol. The van der Waals surface area contributed by atoms with Crippen LogP contribution in [0, 0.1) is 0 Å². The summed E-state index contributed by atoms with van der Waals surface area (Å²) in [5, 5.41) is 167. The molecule has 49 heavy (non-hydrogen) atoms. The Morgan fingerprint density at radius 2 is 0.531 bits per heavy atom. The van der Waals surface area contributed by atoms with E-state index in [4.69, 9.17) is 4.42 Å². The van der Waals surface area contributed by atoms with E-state index >= 15 is 0 Å². The Kier molecular flexibility index (Phi) is 5.83. The molecule has 0 aliphatic heterocycles. The van der Waals surface area contributed by atoms with Crippen LogP contribution in [-0.2, 0) is 0 Å². The molecule has 16 N–H and O–H groups in total. The average Bonchev–Trinajstić information content (AvgIpc) is 3.47. The summed E-state index contributed by atoms with van der Waals surface area (Å²) in [4.78, 5) is 0. The summed E-state index contributed by atoms with van der Waals surface area (Å²) in [6.07, 6.45) is 0. The summed E-state index contributed by atoms with van der Waals surface area (Å²) in [6, 6.07) is 3.35. The molecule has 0 radical (unpaired) electrons. The number of hydrogen-bond donors (Lipinski definition) is 16. The second kappa shape index (κ2) is 9.48. The maximum Gasteiger partial charge on any atom is 0.208 e. The molecule has 7 rings (SSSR count). The first kappa shape index (κ1) is 30.1. The molecule has 17 nitrogen and oxygen atoms in total. The van der Waals surface area contributed by atoms with Gasteiger partial charge in [0.1, 0.15) is 0 Å². The van der Waals surface area contributed by atoms with Gasteiger partial charge in [0, 0.05) is 11.1 Å². The van der Waals surface area contributed by atoms with Crippen LogP contribution in [0.5, 0.6) is 92.0 Å². The fourth-order valence-corrected chi connectivity index (χ4v) is 6.10. The van der Waals surface area contributed by atoms with E-state index in [1.807, 2.05) is 0 Å². The van der Waals surface area contributed by atoms with Crippen LogP contribution in [0.15, 0.2) is 28.7 Å². The first-order valence-corrected chi connectivity index (χ1v) is 13.5. The van der Waals surface area contributed by atoms with Crippen molar-refractivity contribution < 1.29 is 86.1 Å². The molecule has 0 atom stereocenters. The van der Waals surface area contributed by atoms with Crippen LogP contribution < -0.4 is 0 Å². The summed E-state index contributed by atoms with van der Waals surface area (Å²) in [7, 11) is 0.